The van der Waals surface area contributed by atoms with Crippen molar-refractivity contribution < 1.29 is 14.4 Å². The number of likely N-dealkylation sites (tertiary alicyclic amines) is 1. The minimum absolute atomic E-state index is 0.0357. The molecule has 2 aromatic heterocycles. The summed E-state index contributed by atoms with van der Waals surface area (Å²) in [6.45, 7) is 3.53. The Hall–Kier alpha value is -2.68. The van der Waals surface area contributed by atoms with Crippen LogP contribution in [0.25, 0.3) is 0 Å². The molecule has 3 heterocycles. The molecule has 1 fully saturated rings. The van der Waals surface area contributed by atoms with Crippen molar-refractivity contribution in [3.8, 4) is 0 Å². The number of nitrogens with one attached hydrogen (secondary N) is 1. The van der Waals surface area contributed by atoms with Gasteiger partial charge in [0.15, 0.2) is 5.69 Å². The number of amides is 1. The Morgan fingerprint density at radius 2 is 2.25 bits per heavy atom. The number of aromatic amines is 1. The molecule has 0 spiro atoms. The second kappa shape index (κ2) is 5.75. The van der Waals surface area contributed by atoms with E-state index in [0.29, 0.717) is 18.5 Å². The van der Waals surface area contributed by atoms with Crippen LogP contribution in [-0.4, -0.2) is 49.3 Å². The quantitative estimate of drug-likeness (QED) is 0.776. The largest absolute Gasteiger partial charge is 0.386 e. The van der Waals surface area contributed by atoms with Gasteiger partial charge in [0.2, 0.25) is 0 Å². The van der Waals surface area contributed by atoms with Crippen LogP contribution in [0.5, 0.6) is 0 Å². The molecule has 128 valence electrons. The van der Waals surface area contributed by atoms with E-state index in [9.17, 15) is 19.5 Å². The molecule has 1 amide bonds. The number of nitrogens with zero attached hydrogens (tertiary/aromatic N) is 3. The van der Waals surface area contributed by atoms with Gasteiger partial charge in [0, 0.05) is 24.4 Å². The topological polar surface area (TPSA) is 121 Å². The Balaban J connectivity index is 1.87. The van der Waals surface area contributed by atoms with Crippen molar-refractivity contribution >= 4 is 5.91 Å². The smallest absolute Gasteiger partial charge is 0.328 e. The molecule has 0 radical (unpaired) electrons. The van der Waals surface area contributed by atoms with Gasteiger partial charge in [0.1, 0.15) is 11.9 Å². The fraction of sp³-hybridized carbons (Fsp3) is 0.467. The fourth-order valence-corrected chi connectivity index (χ4v) is 3.07. The normalized spacial score (nSPS) is 24.1. The van der Waals surface area contributed by atoms with E-state index in [1.54, 1.807) is 13.8 Å². The highest BCUT2D eigenvalue weighted by molar-refractivity contribution is 5.92. The zero-order chi connectivity index (χ0) is 17.5. The van der Waals surface area contributed by atoms with Crippen LogP contribution in [0, 0.1) is 6.92 Å². The average Bonchev–Trinajstić information content (AvgIpc) is 3.04. The molecule has 0 aliphatic carbocycles. The van der Waals surface area contributed by atoms with Crippen molar-refractivity contribution in [2.45, 2.75) is 31.9 Å². The maximum Gasteiger partial charge on any atom is 0.328 e. The summed E-state index contributed by atoms with van der Waals surface area (Å²) in [6, 6.07) is 0.903. The van der Waals surface area contributed by atoms with Gasteiger partial charge in [-0.3, -0.25) is 19.1 Å². The van der Waals surface area contributed by atoms with Crippen molar-refractivity contribution in [2.24, 2.45) is 0 Å². The number of carbonyl (C=O) groups excluding carboxylic acids is 1. The summed E-state index contributed by atoms with van der Waals surface area (Å²) >= 11 is 0. The summed E-state index contributed by atoms with van der Waals surface area (Å²) in [4.78, 5) is 39.6. The van der Waals surface area contributed by atoms with E-state index in [-0.39, 0.29) is 18.1 Å². The first-order valence-corrected chi connectivity index (χ1v) is 7.54. The summed E-state index contributed by atoms with van der Waals surface area (Å²) in [5.41, 5.74) is -1.82. The van der Waals surface area contributed by atoms with E-state index in [2.05, 4.69) is 14.7 Å². The van der Waals surface area contributed by atoms with Gasteiger partial charge in [-0.05, 0) is 20.3 Å². The predicted octanol–water partition coefficient (Wildman–Crippen LogP) is -0.329. The van der Waals surface area contributed by atoms with E-state index in [1.165, 1.54) is 28.0 Å². The van der Waals surface area contributed by atoms with E-state index >= 15 is 0 Å². The number of hydrogen-bond donors (Lipinski definition) is 2. The summed E-state index contributed by atoms with van der Waals surface area (Å²) in [5, 5.41) is 14.4. The predicted molar refractivity (Wildman–Crippen MR) is 82.7 cm³/mol. The summed E-state index contributed by atoms with van der Waals surface area (Å²) in [7, 11) is 0. The van der Waals surface area contributed by atoms with Gasteiger partial charge in [-0.1, -0.05) is 5.16 Å². The minimum atomic E-state index is -1.34. The molecule has 0 bridgehead atoms. The van der Waals surface area contributed by atoms with Crippen LogP contribution in [0.4, 0.5) is 0 Å². The van der Waals surface area contributed by atoms with Crippen molar-refractivity contribution in [1.29, 1.82) is 0 Å². The molecule has 9 heteroatoms. The molecule has 0 unspecified atom stereocenters. The Bertz CT molecular complexity index is 865. The van der Waals surface area contributed by atoms with Crippen LogP contribution < -0.4 is 11.2 Å². The van der Waals surface area contributed by atoms with Crippen molar-refractivity contribution in [3.63, 3.8) is 0 Å². The monoisotopic (exact) mass is 334 g/mol. The molecule has 2 N–H and O–H groups in total. The maximum absolute atomic E-state index is 12.3. The zero-order valence-electron chi connectivity index (χ0n) is 13.4. The number of hydrogen-bond acceptors (Lipinski definition) is 6. The first-order valence-electron chi connectivity index (χ1n) is 7.54. The third kappa shape index (κ3) is 2.78. The van der Waals surface area contributed by atoms with Crippen LogP contribution >= 0.6 is 0 Å². The maximum atomic E-state index is 12.3. The molecule has 3 rings (SSSR count). The molecular formula is C15H18N4O5. The van der Waals surface area contributed by atoms with Crippen LogP contribution in [0.2, 0.25) is 0 Å². The number of piperidine rings is 1. The number of H-pyrrole nitrogens is 1. The fourth-order valence-electron chi connectivity index (χ4n) is 3.07. The number of β-amino-alcohol motifs (C(OH)–C–C–N with tert-alkyl or cyclic N) is 1. The number of aliphatic hydroxyl groups is 1. The summed E-state index contributed by atoms with van der Waals surface area (Å²) in [6.07, 6.45) is 3.11. The average molecular weight is 334 g/mol. The minimum Gasteiger partial charge on any atom is -0.386 e. The molecule has 1 aliphatic heterocycles. The summed E-state index contributed by atoms with van der Waals surface area (Å²) in [5.74, 6) is -0.340. The molecule has 0 aromatic carbocycles. The third-order valence-corrected chi connectivity index (χ3v) is 4.33. The van der Waals surface area contributed by atoms with Gasteiger partial charge in [-0.15, -0.1) is 0 Å². The molecule has 0 saturated carbocycles. The van der Waals surface area contributed by atoms with Gasteiger partial charge in [-0.25, -0.2) is 4.79 Å². The van der Waals surface area contributed by atoms with Crippen LogP contribution in [-0.2, 0) is 0 Å². The first-order chi connectivity index (χ1) is 11.3. The number of rotatable bonds is 2. The Morgan fingerprint density at radius 3 is 2.88 bits per heavy atom. The standard InChI is InChI=1S/C15H18N4O5/c1-9-7-19(14(22)16-12(9)20)11-3-5-18(8-15(11,2)23)13(21)10-4-6-24-17-10/h4,6-7,11,23H,3,5,8H2,1-2H3,(H,16,20,22)/t11-,15-/m0/s1. The number of carbonyl (C=O) groups is 1. The van der Waals surface area contributed by atoms with E-state index < -0.39 is 22.9 Å². The number of aryl methyl sites for hydroxylation is 1. The highest BCUT2D eigenvalue weighted by Gasteiger charge is 2.41. The number of aromatic nitrogens is 3. The van der Waals surface area contributed by atoms with Gasteiger partial charge in [-0.2, -0.15) is 0 Å². The SMILES string of the molecule is Cc1cn([C@H]2CCN(C(=O)c3ccon3)C[C@]2(C)O)c(=O)[nH]c1=O. The Morgan fingerprint density at radius 1 is 1.50 bits per heavy atom. The van der Waals surface area contributed by atoms with Crippen LogP contribution in [0.15, 0.2) is 32.6 Å². The van der Waals surface area contributed by atoms with Crippen molar-refractivity contribution in [1.82, 2.24) is 19.6 Å². The van der Waals surface area contributed by atoms with Crippen molar-refractivity contribution in [2.75, 3.05) is 13.1 Å². The Labute approximate surface area is 136 Å². The lowest BCUT2D eigenvalue weighted by Gasteiger charge is -2.43. The summed E-state index contributed by atoms with van der Waals surface area (Å²) < 4.78 is 6.00. The highest BCUT2D eigenvalue weighted by Crippen LogP contribution is 2.31. The second-order valence-electron chi connectivity index (χ2n) is 6.25. The lowest BCUT2D eigenvalue weighted by atomic mass is 9.88. The van der Waals surface area contributed by atoms with Gasteiger partial charge < -0.3 is 14.5 Å². The lowest BCUT2D eigenvalue weighted by Crippen LogP contribution is -2.56. The van der Waals surface area contributed by atoms with Crippen molar-refractivity contribution in [3.05, 3.63) is 50.6 Å². The molecular weight excluding hydrogens is 316 g/mol. The van der Waals surface area contributed by atoms with E-state index in [4.69, 9.17) is 0 Å². The zero-order valence-corrected chi connectivity index (χ0v) is 13.4. The third-order valence-electron chi connectivity index (χ3n) is 4.33. The van der Waals surface area contributed by atoms with Crippen LogP contribution in [0.3, 0.4) is 0 Å². The molecule has 24 heavy (non-hydrogen) atoms. The lowest BCUT2D eigenvalue weighted by molar-refractivity contribution is -0.0506. The molecule has 9 nitrogen and oxygen atoms in total. The van der Waals surface area contributed by atoms with E-state index in [0.717, 1.165) is 0 Å². The van der Waals surface area contributed by atoms with Gasteiger partial charge in [0.05, 0.1) is 12.6 Å². The Kier molecular flexibility index (Phi) is 3.88. The van der Waals surface area contributed by atoms with Crippen LogP contribution in [0.1, 0.15) is 35.4 Å². The van der Waals surface area contributed by atoms with Gasteiger partial charge >= 0.3 is 5.69 Å². The molecule has 1 saturated heterocycles. The molecule has 2 aromatic rings. The van der Waals surface area contributed by atoms with E-state index in [1.807, 2.05) is 0 Å². The highest BCUT2D eigenvalue weighted by atomic mass is 16.5. The molecule has 1 aliphatic rings. The molecule has 2 atom stereocenters. The van der Waals surface area contributed by atoms with Gasteiger partial charge in [0.25, 0.3) is 11.5 Å². The first kappa shape index (κ1) is 16.2. The second-order valence-corrected chi connectivity index (χ2v) is 6.25.